The second-order valence-corrected chi connectivity index (χ2v) is 8.38. The SMILES string of the molecule is Cc1nn(Cc2ccc(F)cc2)c2sc(C(=O)N(C)CC(=O)N3CCOCC3)cc12. The number of nitrogens with zero attached hydrogens (tertiary/aromatic N) is 4. The molecule has 9 heteroatoms. The molecule has 0 unspecified atom stereocenters. The van der Waals surface area contributed by atoms with Gasteiger partial charge in [0.25, 0.3) is 5.91 Å². The smallest absolute Gasteiger partial charge is 0.264 e. The van der Waals surface area contributed by atoms with Crippen LogP contribution >= 0.6 is 11.3 Å². The van der Waals surface area contributed by atoms with Crippen molar-refractivity contribution in [3.8, 4) is 0 Å². The lowest BCUT2D eigenvalue weighted by molar-refractivity contribution is -0.135. The fraction of sp³-hybridized carbons (Fsp3) is 0.381. The van der Waals surface area contributed by atoms with E-state index in [0.29, 0.717) is 37.7 Å². The topological polar surface area (TPSA) is 67.7 Å². The Balaban J connectivity index is 1.50. The number of amides is 2. The van der Waals surface area contributed by atoms with Crippen LogP contribution in [-0.2, 0) is 16.1 Å². The zero-order chi connectivity index (χ0) is 21.3. The minimum atomic E-state index is -0.279. The molecule has 158 valence electrons. The minimum Gasteiger partial charge on any atom is -0.378 e. The van der Waals surface area contributed by atoms with Gasteiger partial charge in [-0.15, -0.1) is 11.3 Å². The number of fused-ring (bicyclic) bond motifs is 1. The quantitative estimate of drug-likeness (QED) is 0.624. The zero-order valence-corrected chi connectivity index (χ0v) is 17.7. The fourth-order valence-corrected chi connectivity index (χ4v) is 4.62. The second-order valence-electron chi connectivity index (χ2n) is 7.35. The van der Waals surface area contributed by atoms with E-state index < -0.39 is 0 Å². The number of aryl methyl sites for hydroxylation is 1. The van der Waals surface area contributed by atoms with Gasteiger partial charge in [0.2, 0.25) is 5.91 Å². The number of hydrogen-bond donors (Lipinski definition) is 0. The molecule has 2 aromatic heterocycles. The molecular formula is C21H23FN4O3S. The highest BCUT2D eigenvalue weighted by Crippen LogP contribution is 2.29. The van der Waals surface area contributed by atoms with Gasteiger partial charge in [0.05, 0.1) is 36.9 Å². The first-order chi connectivity index (χ1) is 14.4. The van der Waals surface area contributed by atoms with Crippen molar-refractivity contribution in [2.75, 3.05) is 39.9 Å². The second kappa shape index (κ2) is 8.53. The molecule has 0 bridgehead atoms. The van der Waals surface area contributed by atoms with Gasteiger partial charge in [0.15, 0.2) is 0 Å². The van der Waals surface area contributed by atoms with Gasteiger partial charge in [-0.05, 0) is 30.7 Å². The van der Waals surface area contributed by atoms with E-state index in [1.807, 2.05) is 17.7 Å². The van der Waals surface area contributed by atoms with Crippen molar-refractivity contribution in [1.82, 2.24) is 19.6 Å². The van der Waals surface area contributed by atoms with Gasteiger partial charge in [-0.2, -0.15) is 5.10 Å². The van der Waals surface area contributed by atoms with Gasteiger partial charge in [-0.25, -0.2) is 4.39 Å². The summed E-state index contributed by atoms with van der Waals surface area (Å²) < 4.78 is 20.3. The summed E-state index contributed by atoms with van der Waals surface area (Å²) in [4.78, 5) is 30.0. The third kappa shape index (κ3) is 4.22. The predicted octanol–water partition coefficient (Wildman–Crippen LogP) is 2.52. The monoisotopic (exact) mass is 430 g/mol. The average molecular weight is 431 g/mol. The summed E-state index contributed by atoms with van der Waals surface area (Å²) in [5.41, 5.74) is 1.75. The van der Waals surface area contributed by atoms with Crippen LogP contribution in [0, 0.1) is 12.7 Å². The summed E-state index contributed by atoms with van der Waals surface area (Å²) in [5.74, 6) is -0.543. The summed E-state index contributed by atoms with van der Waals surface area (Å²) in [6, 6.07) is 8.13. The van der Waals surface area contributed by atoms with Gasteiger partial charge in [-0.1, -0.05) is 12.1 Å². The third-order valence-corrected chi connectivity index (χ3v) is 6.28. The maximum absolute atomic E-state index is 13.2. The largest absolute Gasteiger partial charge is 0.378 e. The van der Waals surface area contributed by atoms with E-state index in [4.69, 9.17) is 4.74 Å². The first kappa shape index (κ1) is 20.5. The van der Waals surface area contributed by atoms with E-state index in [0.717, 1.165) is 21.5 Å². The lowest BCUT2D eigenvalue weighted by Crippen LogP contribution is -2.46. The number of ether oxygens (including phenoxy) is 1. The van der Waals surface area contributed by atoms with Crippen LogP contribution in [0.1, 0.15) is 20.9 Å². The molecule has 1 aliphatic rings. The van der Waals surface area contributed by atoms with Crippen LogP contribution in [0.25, 0.3) is 10.2 Å². The van der Waals surface area contributed by atoms with Crippen molar-refractivity contribution >= 4 is 33.4 Å². The normalized spacial score (nSPS) is 14.3. The summed E-state index contributed by atoms with van der Waals surface area (Å²) in [7, 11) is 1.64. The van der Waals surface area contributed by atoms with Crippen molar-refractivity contribution in [1.29, 1.82) is 0 Å². The number of aromatic nitrogens is 2. The Kier molecular flexibility index (Phi) is 5.83. The molecule has 30 heavy (non-hydrogen) atoms. The summed E-state index contributed by atoms with van der Waals surface area (Å²) in [6.07, 6.45) is 0. The number of thiophene rings is 1. The first-order valence-electron chi connectivity index (χ1n) is 9.75. The molecular weight excluding hydrogens is 407 g/mol. The molecule has 4 rings (SSSR count). The van der Waals surface area contributed by atoms with E-state index in [1.54, 1.807) is 24.1 Å². The highest BCUT2D eigenvalue weighted by atomic mass is 32.1. The fourth-order valence-electron chi connectivity index (χ4n) is 3.46. The summed E-state index contributed by atoms with van der Waals surface area (Å²) in [6.45, 7) is 4.60. The van der Waals surface area contributed by atoms with E-state index in [1.165, 1.54) is 28.4 Å². The van der Waals surface area contributed by atoms with E-state index in [-0.39, 0.29) is 24.2 Å². The number of carbonyl (C=O) groups excluding carboxylic acids is 2. The molecule has 0 spiro atoms. The molecule has 0 atom stereocenters. The number of carbonyl (C=O) groups is 2. The van der Waals surface area contributed by atoms with Crippen LogP contribution in [-0.4, -0.2) is 71.3 Å². The zero-order valence-electron chi connectivity index (χ0n) is 16.9. The molecule has 2 amide bonds. The number of hydrogen-bond acceptors (Lipinski definition) is 5. The van der Waals surface area contributed by atoms with Crippen LogP contribution < -0.4 is 0 Å². The lowest BCUT2D eigenvalue weighted by Gasteiger charge is -2.28. The third-order valence-electron chi connectivity index (χ3n) is 5.15. The number of likely N-dealkylation sites (N-methyl/N-ethyl adjacent to an activating group) is 1. The van der Waals surface area contributed by atoms with Crippen molar-refractivity contribution < 1.29 is 18.7 Å². The Labute approximate surface area is 177 Å². The van der Waals surface area contributed by atoms with Gasteiger partial charge in [0.1, 0.15) is 10.6 Å². The summed E-state index contributed by atoms with van der Waals surface area (Å²) in [5, 5.41) is 5.47. The van der Waals surface area contributed by atoms with Crippen LogP contribution in [0.3, 0.4) is 0 Å². The molecule has 1 aliphatic heterocycles. The lowest BCUT2D eigenvalue weighted by atomic mass is 10.2. The van der Waals surface area contributed by atoms with Gasteiger partial charge in [-0.3, -0.25) is 14.3 Å². The van der Waals surface area contributed by atoms with E-state index in [9.17, 15) is 14.0 Å². The Bertz CT molecular complexity index is 1070. The molecule has 0 N–H and O–H groups in total. The van der Waals surface area contributed by atoms with Crippen LogP contribution in [0.5, 0.6) is 0 Å². The standard InChI is InChI=1S/C21H23FN4O3S/c1-14-17-11-18(20(28)24(2)13-19(27)25-7-9-29-10-8-25)30-21(17)26(23-14)12-15-3-5-16(22)6-4-15/h3-6,11H,7-10,12-13H2,1-2H3. The molecule has 0 saturated carbocycles. The Morgan fingerprint density at radius 1 is 1.23 bits per heavy atom. The molecule has 3 heterocycles. The van der Waals surface area contributed by atoms with E-state index in [2.05, 4.69) is 5.10 Å². The summed E-state index contributed by atoms with van der Waals surface area (Å²) >= 11 is 1.36. The average Bonchev–Trinajstić information content (AvgIpc) is 3.31. The predicted molar refractivity (Wildman–Crippen MR) is 112 cm³/mol. The Morgan fingerprint density at radius 3 is 2.63 bits per heavy atom. The van der Waals surface area contributed by atoms with Crippen LogP contribution in [0.4, 0.5) is 4.39 Å². The number of halogens is 1. The van der Waals surface area contributed by atoms with Crippen molar-refractivity contribution in [2.45, 2.75) is 13.5 Å². The van der Waals surface area contributed by atoms with Crippen LogP contribution in [0.15, 0.2) is 30.3 Å². The molecule has 1 fully saturated rings. The maximum Gasteiger partial charge on any atom is 0.264 e. The Morgan fingerprint density at radius 2 is 1.93 bits per heavy atom. The van der Waals surface area contributed by atoms with Crippen molar-refractivity contribution in [3.63, 3.8) is 0 Å². The maximum atomic E-state index is 13.2. The highest BCUT2D eigenvalue weighted by molar-refractivity contribution is 7.20. The molecule has 0 aliphatic carbocycles. The molecule has 3 aromatic rings. The molecule has 1 saturated heterocycles. The first-order valence-corrected chi connectivity index (χ1v) is 10.6. The van der Waals surface area contributed by atoms with Crippen molar-refractivity contribution in [3.05, 3.63) is 52.3 Å². The van der Waals surface area contributed by atoms with E-state index >= 15 is 0 Å². The Hall–Kier alpha value is -2.78. The molecule has 7 nitrogen and oxygen atoms in total. The number of benzene rings is 1. The number of rotatable bonds is 5. The molecule has 1 aromatic carbocycles. The van der Waals surface area contributed by atoms with Gasteiger partial charge >= 0.3 is 0 Å². The molecule has 0 radical (unpaired) electrons. The van der Waals surface area contributed by atoms with Gasteiger partial charge in [0, 0.05) is 25.5 Å². The highest BCUT2D eigenvalue weighted by Gasteiger charge is 2.23. The van der Waals surface area contributed by atoms with Gasteiger partial charge < -0.3 is 14.5 Å². The van der Waals surface area contributed by atoms with Crippen molar-refractivity contribution in [2.24, 2.45) is 0 Å². The minimum absolute atomic E-state index is 0.0355. The number of morpholine rings is 1. The van der Waals surface area contributed by atoms with Crippen LogP contribution in [0.2, 0.25) is 0 Å².